The highest BCUT2D eigenvalue weighted by Crippen LogP contribution is 2.38. The Morgan fingerprint density at radius 1 is 0.718 bits per heavy atom. The van der Waals surface area contributed by atoms with Gasteiger partial charge in [0.05, 0.1) is 38.2 Å². The van der Waals surface area contributed by atoms with E-state index < -0.39 is 18.1 Å². The monoisotopic (exact) mass is 561 g/mol. The lowest BCUT2D eigenvalue weighted by Crippen LogP contribution is -2.69. The fraction of sp³-hybridized carbons (Fsp3) is 0.933. The van der Waals surface area contributed by atoms with Crippen LogP contribution in [-0.2, 0) is 9.59 Å². The molecule has 16 N–H and O–H groups in total. The van der Waals surface area contributed by atoms with Crippen LogP contribution >= 0.6 is 0 Å². The molecule has 0 heterocycles. The summed E-state index contributed by atoms with van der Waals surface area (Å²) in [5.41, 5.74) is 20.6. The molecular weight excluding hydrogens is 492 g/mol. The van der Waals surface area contributed by atoms with Crippen molar-refractivity contribution >= 4 is 11.9 Å². The van der Waals surface area contributed by atoms with E-state index in [0.717, 1.165) is 45.4 Å². The lowest BCUT2D eigenvalue weighted by Gasteiger charge is -2.33. The number of carbonyl (C=O) groups excluding carboxylic acids is 2. The van der Waals surface area contributed by atoms with Gasteiger partial charge in [-0.1, -0.05) is 52.4 Å². The number of aliphatic carboxylic acids is 1. The number of hydrogen-bond donors (Lipinski definition) is 6. The average Bonchev–Trinajstić information content (AvgIpc) is 2.98. The zero-order chi connectivity index (χ0) is 29.6. The molecule has 0 aromatic heterocycles. The lowest BCUT2D eigenvalue weighted by molar-refractivity contribution is -0.406. The molecule has 0 radical (unpaired) electrons. The van der Waals surface area contributed by atoms with Gasteiger partial charge in [-0.15, -0.1) is 0 Å². The third-order valence-electron chi connectivity index (χ3n) is 9.41. The predicted octanol–water partition coefficient (Wildman–Crippen LogP) is -1.17. The zero-order valence-corrected chi connectivity index (χ0v) is 26.0. The summed E-state index contributed by atoms with van der Waals surface area (Å²) in [5.74, 6) is -1.55. The van der Waals surface area contributed by atoms with Gasteiger partial charge in [-0.2, -0.15) is 0 Å². The Kier molecular flexibility index (Phi) is 21.7. The fourth-order valence-corrected chi connectivity index (χ4v) is 5.93. The van der Waals surface area contributed by atoms with Crippen molar-refractivity contribution in [2.24, 2.45) is 10.8 Å². The molecule has 2 rings (SSSR count). The number of nitrogens with one attached hydrogen (secondary N) is 1. The first kappa shape index (κ1) is 37.7. The van der Waals surface area contributed by atoms with Crippen molar-refractivity contribution < 1.29 is 43.4 Å². The molecular formula is C30H68N6O3+4. The maximum Gasteiger partial charge on any atom is 0.278 e. The predicted molar refractivity (Wildman–Crippen MR) is 154 cm³/mol. The Morgan fingerprint density at radius 3 is 1.44 bits per heavy atom. The van der Waals surface area contributed by atoms with Crippen LogP contribution in [0.15, 0.2) is 0 Å². The van der Waals surface area contributed by atoms with E-state index in [1.807, 2.05) is 0 Å². The van der Waals surface area contributed by atoms with Crippen molar-refractivity contribution in [1.82, 2.24) is 5.32 Å². The van der Waals surface area contributed by atoms with E-state index in [1.165, 1.54) is 77.0 Å². The highest BCUT2D eigenvalue weighted by Gasteiger charge is 2.31. The molecule has 39 heavy (non-hydrogen) atoms. The number of carboxylic acid groups (broad SMARTS) is 1. The molecule has 0 aliphatic heterocycles. The molecule has 0 unspecified atom stereocenters. The van der Waals surface area contributed by atoms with Crippen LogP contribution in [0.4, 0.5) is 0 Å². The van der Waals surface area contributed by atoms with Crippen molar-refractivity contribution in [1.29, 1.82) is 0 Å². The highest BCUT2D eigenvalue weighted by molar-refractivity contribution is 5.85. The molecule has 2 aliphatic carbocycles. The summed E-state index contributed by atoms with van der Waals surface area (Å²) < 4.78 is 0. The summed E-state index contributed by atoms with van der Waals surface area (Å²) in [6.45, 7) is 8.54. The molecule has 2 atom stereocenters. The molecule has 9 heteroatoms. The number of unbranched alkanes of at least 4 members (excludes halogenated alkanes) is 2. The Hall–Kier alpha value is -1.26. The van der Waals surface area contributed by atoms with Gasteiger partial charge < -0.3 is 43.9 Å². The van der Waals surface area contributed by atoms with Gasteiger partial charge in [-0.25, -0.2) is 0 Å². The van der Waals surface area contributed by atoms with Gasteiger partial charge in [-0.3, -0.25) is 4.79 Å². The fourth-order valence-electron chi connectivity index (χ4n) is 5.93. The minimum atomic E-state index is -1.23. The molecule has 0 aromatic carbocycles. The normalized spacial score (nSPS) is 19.4. The molecule has 2 aliphatic rings. The smallest absolute Gasteiger partial charge is 0.278 e. The molecule has 232 valence electrons. The highest BCUT2D eigenvalue weighted by atomic mass is 16.4. The van der Waals surface area contributed by atoms with Gasteiger partial charge in [0, 0.05) is 17.3 Å². The van der Waals surface area contributed by atoms with E-state index in [9.17, 15) is 14.7 Å². The maximum absolute atomic E-state index is 11.8. The van der Waals surface area contributed by atoms with E-state index in [0.29, 0.717) is 30.1 Å². The van der Waals surface area contributed by atoms with Crippen LogP contribution in [0.25, 0.3) is 0 Å². The van der Waals surface area contributed by atoms with Gasteiger partial charge in [0.15, 0.2) is 6.04 Å². The third kappa shape index (κ3) is 15.9. The standard InChI is InChI=1S/C12H26N4O3.2C9H19N/c13-7-3-1-5-9(15)11(17)16-10(12(18)19)6-2-4-8-14;2*1-2-9(8-10)6-4-3-5-7-9/h9-10H,1-8,13-15H2,(H,16,17)(H,18,19);2*2-8,10H2,1H3/p+4/t9-,10-;;/m0../s1. The number of rotatable bonds is 15. The van der Waals surface area contributed by atoms with Crippen LogP contribution in [-0.4, -0.2) is 50.1 Å². The zero-order valence-electron chi connectivity index (χ0n) is 26.0. The number of quaternary nitrogens is 5. The van der Waals surface area contributed by atoms with Gasteiger partial charge in [0.2, 0.25) is 0 Å². The Bertz CT molecular complexity index is 584. The average molecular weight is 561 g/mol. The van der Waals surface area contributed by atoms with Crippen LogP contribution in [0.5, 0.6) is 0 Å². The Balaban J connectivity index is 0.000000604. The van der Waals surface area contributed by atoms with E-state index in [1.54, 1.807) is 0 Å². The van der Waals surface area contributed by atoms with Crippen LogP contribution in [0.2, 0.25) is 0 Å². The minimum Gasteiger partial charge on any atom is -0.548 e. The number of carbonyl (C=O) groups is 2. The number of amides is 1. The number of hydrogen-bond acceptors (Lipinski definition) is 3. The second-order valence-electron chi connectivity index (χ2n) is 12.1. The maximum atomic E-state index is 11.8. The van der Waals surface area contributed by atoms with E-state index >= 15 is 0 Å². The second-order valence-corrected chi connectivity index (χ2v) is 12.1. The van der Waals surface area contributed by atoms with Gasteiger partial charge in [0.25, 0.3) is 5.91 Å². The van der Waals surface area contributed by atoms with Gasteiger partial charge in [-0.05, 0) is 70.6 Å². The third-order valence-corrected chi connectivity index (χ3v) is 9.41. The Labute approximate surface area is 239 Å². The van der Waals surface area contributed by atoms with Crippen LogP contribution in [0, 0.1) is 10.8 Å². The quantitative estimate of drug-likeness (QED) is 0.137. The van der Waals surface area contributed by atoms with E-state index in [4.69, 9.17) is 0 Å². The molecule has 0 bridgehead atoms. The van der Waals surface area contributed by atoms with Crippen LogP contribution < -0.4 is 39.1 Å². The summed E-state index contributed by atoms with van der Waals surface area (Å²) in [7, 11) is 0. The van der Waals surface area contributed by atoms with E-state index in [2.05, 4.69) is 47.8 Å². The van der Waals surface area contributed by atoms with Crippen molar-refractivity contribution in [3.05, 3.63) is 0 Å². The minimum absolute atomic E-state index is 0.312. The largest absolute Gasteiger partial charge is 0.548 e. The van der Waals surface area contributed by atoms with Gasteiger partial charge >= 0.3 is 0 Å². The number of carboxylic acids is 1. The van der Waals surface area contributed by atoms with E-state index in [-0.39, 0.29) is 5.91 Å². The molecule has 1 amide bonds. The molecule has 0 saturated heterocycles. The summed E-state index contributed by atoms with van der Waals surface area (Å²) in [4.78, 5) is 22.7. The van der Waals surface area contributed by atoms with Crippen LogP contribution in [0.3, 0.4) is 0 Å². The topological polar surface area (TPSA) is 207 Å². The SMILES string of the molecule is CCC1(C[NH3+])CCCCC1.CCC1(C[NH3+])CCCCC1.[NH3+]CCCC[C@H](NC(=O)[C@@H]([NH3+])CCCC[NH3+])C(=O)[O-]. The summed E-state index contributed by atoms with van der Waals surface area (Å²) in [6, 6.07) is -1.34. The first-order valence-corrected chi connectivity index (χ1v) is 16.2. The molecule has 2 saturated carbocycles. The molecule has 0 aromatic rings. The Morgan fingerprint density at radius 2 is 1.13 bits per heavy atom. The summed E-state index contributed by atoms with van der Waals surface area (Å²) >= 11 is 0. The van der Waals surface area contributed by atoms with Crippen molar-refractivity contribution in [3.63, 3.8) is 0 Å². The van der Waals surface area contributed by atoms with Crippen molar-refractivity contribution in [3.8, 4) is 0 Å². The van der Waals surface area contributed by atoms with Crippen molar-refractivity contribution in [2.75, 3.05) is 26.2 Å². The van der Waals surface area contributed by atoms with Gasteiger partial charge in [0.1, 0.15) is 0 Å². The second kappa shape index (κ2) is 22.4. The van der Waals surface area contributed by atoms with Crippen LogP contribution in [0.1, 0.15) is 129 Å². The molecule has 9 nitrogen and oxygen atoms in total. The first-order chi connectivity index (χ1) is 18.7. The summed E-state index contributed by atoms with van der Waals surface area (Å²) in [6.07, 6.45) is 21.6. The molecule has 2 fully saturated rings. The first-order valence-electron chi connectivity index (χ1n) is 16.2. The molecule has 0 spiro atoms. The summed E-state index contributed by atoms with van der Waals surface area (Å²) in [5, 5.41) is 13.4. The van der Waals surface area contributed by atoms with Crippen molar-refractivity contribution in [2.45, 2.75) is 142 Å². The lowest BCUT2D eigenvalue weighted by atomic mass is 9.72.